The minimum atomic E-state index is -0.392. The highest BCUT2D eigenvalue weighted by atomic mass is 32.2. The second kappa shape index (κ2) is 6.87. The molecule has 112 valence electrons. The lowest BCUT2D eigenvalue weighted by Gasteiger charge is -2.07. The van der Waals surface area contributed by atoms with Crippen LogP contribution in [0.1, 0.15) is 20.8 Å². The van der Waals surface area contributed by atoms with Gasteiger partial charge in [0.05, 0.1) is 17.7 Å². The van der Waals surface area contributed by atoms with Crippen LogP contribution in [0.2, 0.25) is 0 Å². The molecule has 0 atom stereocenters. The standard InChI is InChI=1S/C15H18N2O2S2/c1-9-5-4-6-10(7-9)8-17-14-12(20-3)11(16)13(21-14)15(18)19-2/h4-7,17H,8,16H2,1-3H3. The Morgan fingerprint density at radius 1 is 1.48 bits per heavy atom. The van der Waals surface area contributed by atoms with Crippen molar-refractivity contribution in [1.82, 2.24) is 0 Å². The number of thiophene rings is 1. The summed E-state index contributed by atoms with van der Waals surface area (Å²) in [5, 5.41) is 4.26. The van der Waals surface area contributed by atoms with Gasteiger partial charge in [-0.25, -0.2) is 4.79 Å². The lowest BCUT2D eigenvalue weighted by molar-refractivity contribution is 0.0607. The number of thioether (sulfide) groups is 1. The van der Waals surface area contributed by atoms with E-state index in [1.54, 1.807) is 0 Å². The molecule has 3 N–H and O–H groups in total. The zero-order valence-corrected chi connectivity index (χ0v) is 13.9. The highest BCUT2D eigenvalue weighted by molar-refractivity contribution is 7.99. The van der Waals surface area contributed by atoms with Gasteiger partial charge >= 0.3 is 5.97 Å². The average molecular weight is 322 g/mol. The van der Waals surface area contributed by atoms with Crippen molar-refractivity contribution < 1.29 is 9.53 Å². The first kappa shape index (κ1) is 15.7. The first-order valence-electron chi connectivity index (χ1n) is 6.40. The topological polar surface area (TPSA) is 64.3 Å². The van der Waals surface area contributed by atoms with Gasteiger partial charge < -0.3 is 15.8 Å². The average Bonchev–Trinajstić information content (AvgIpc) is 2.80. The number of hydrogen-bond acceptors (Lipinski definition) is 6. The van der Waals surface area contributed by atoms with Crippen LogP contribution < -0.4 is 11.1 Å². The van der Waals surface area contributed by atoms with E-state index in [4.69, 9.17) is 10.5 Å². The van der Waals surface area contributed by atoms with E-state index < -0.39 is 5.97 Å². The first-order chi connectivity index (χ1) is 10.1. The van der Waals surface area contributed by atoms with Crippen LogP contribution in [0.3, 0.4) is 0 Å². The molecule has 0 aliphatic rings. The van der Waals surface area contributed by atoms with E-state index in [0.29, 0.717) is 17.1 Å². The molecule has 0 aliphatic heterocycles. The van der Waals surface area contributed by atoms with E-state index in [1.807, 2.05) is 12.3 Å². The number of methoxy groups -OCH3 is 1. The van der Waals surface area contributed by atoms with Gasteiger partial charge in [0.1, 0.15) is 9.88 Å². The maximum absolute atomic E-state index is 11.7. The number of benzene rings is 1. The third-order valence-electron chi connectivity index (χ3n) is 3.01. The summed E-state index contributed by atoms with van der Waals surface area (Å²) in [5.74, 6) is -0.392. The number of nitrogens with one attached hydrogen (secondary N) is 1. The highest BCUT2D eigenvalue weighted by Crippen LogP contribution is 2.42. The van der Waals surface area contributed by atoms with Crippen molar-refractivity contribution in [2.24, 2.45) is 0 Å². The van der Waals surface area contributed by atoms with Gasteiger partial charge in [-0.2, -0.15) is 0 Å². The zero-order valence-electron chi connectivity index (χ0n) is 12.2. The molecular weight excluding hydrogens is 304 g/mol. The van der Waals surface area contributed by atoms with Gasteiger partial charge in [0.25, 0.3) is 0 Å². The maximum atomic E-state index is 11.7. The van der Waals surface area contributed by atoms with E-state index in [0.717, 1.165) is 9.90 Å². The number of anilines is 2. The van der Waals surface area contributed by atoms with Crippen LogP contribution in [0.4, 0.5) is 10.7 Å². The second-order valence-electron chi connectivity index (χ2n) is 4.54. The highest BCUT2D eigenvalue weighted by Gasteiger charge is 2.20. The maximum Gasteiger partial charge on any atom is 0.350 e. The number of rotatable bonds is 5. The molecule has 2 rings (SSSR count). The number of hydrogen-bond donors (Lipinski definition) is 2. The van der Waals surface area contributed by atoms with Crippen LogP contribution in [0.15, 0.2) is 29.2 Å². The number of esters is 1. The zero-order chi connectivity index (χ0) is 15.4. The number of aryl methyl sites for hydroxylation is 1. The molecule has 0 spiro atoms. The molecule has 0 saturated heterocycles. The molecule has 0 radical (unpaired) electrons. The Balaban J connectivity index is 2.21. The smallest absolute Gasteiger partial charge is 0.350 e. The number of ether oxygens (including phenoxy) is 1. The Hall–Kier alpha value is -1.66. The molecule has 0 aliphatic carbocycles. The van der Waals surface area contributed by atoms with Crippen LogP contribution in [0.25, 0.3) is 0 Å². The van der Waals surface area contributed by atoms with Crippen molar-refractivity contribution in [3.05, 3.63) is 40.3 Å². The molecular formula is C15H18N2O2S2. The fourth-order valence-corrected chi connectivity index (χ4v) is 3.95. The molecule has 1 aromatic carbocycles. The van der Waals surface area contributed by atoms with E-state index in [9.17, 15) is 4.79 Å². The summed E-state index contributed by atoms with van der Waals surface area (Å²) in [7, 11) is 1.36. The molecule has 2 aromatic rings. The third-order valence-corrected chi connectivity index (χ3v) is 5.11. The summed E-state index contributed by atoms with van der Waals surface area (Å²) >= 11 is 2.86. The molecule has 1 aromatic heterocycles. The van der Waals surface area contributed by atoms with E-state index >= 15 is 0 Å². The number of carbonyl (C=O) groups is 1. The molecule has 0 fully saturated rings. The lowest BCUT2D eigenvalue weighted by Crippen LogP contribution is -2.01. The predicted molar refractivity (Wildman–Crippen MR) is 90.4 cm³/mol. The lowest BCUT2D eigenvalue weighted by atomic mass is 10.1. The summed E-state index contributed by atoms with van der Waals surface area (Å²) in [5.41, 5.74) is 8.94. The molecule has 1 heterocycles. The summed E-state index contributed by atoms with van der Waals surface area (Å²) < 4.78 is 4.76. The van der Waals surface area contributed by atoms with Crippen molar-refractivity contribution in [3.8, 4) is 0 Å². The van der Waals surface area contributed by atoms with Crippen molar-refractivity contribution in [1.29, 1.82) is 0 Å². The van der Waals surface area contributed by atoms with E-state index in [1.165, 1.54) is 41.3 Å². The molecule has 4 nitrogen and oxygen atoms in total. The molecule has 0 saturated carbocycles. The van der Waals surface area contributed by atoms with Crippen molar-refractivity contribution in [3.63, 3.8) is 0 Å². The largest absolute Gasteiger partial charge is 0.465 e. The monoisotopic (exact) mass is 322 g/mol. The van der Waals surface area contributed by atoms with Gasteiger partial charge in [-0.1, -0.05) is 29.8 Å². The number of carbonyl (C=O) groups excluding carboxylic acids is 1. The Labute approximate surface area is 132 Å². The number of nitrogens with two attached hydrogens (primary N) is 1. The Morgan fingerprint density at radius 2 is 2.24 bits per heavy atom. The molecule has 21 heavy (non-hydrogen) atoms. The van der Waals surface area contributed by atoms with Crippen LogP contribution in [-0.4, -0.2) is 19.3 Å². The van der Waals surface area contributed by atoms with Crippen LogP contribution in [0.5, 0.6) is 0 Å². The first-order valence-corrected chi connectivity index (χ1v) is 8.45. The SMILES string of the molecule is COC(=O)c1sc(NCc2cccc(C)c2)c(SC)c1N. The Kier molecular flexibility index (Phi) is 5.14. The predicted octanol–water partition coefficient (Wildman–Crippen LogP) is 3.76. The van der Waals surface area contributed by atoms with Crippen molar-refractivity contribution >= 4 is 39.8 Å². The fraction of sp³-hybridized carbons (Fsp3) is 0.267. The van der Waals surface area contributed by atoms with Gasteiger partial charge in [-0.15, -0.1) is 23.1 Å². The Morgan fingerprint density at radius 3 is 2.86 bits per heavy atom. The van der Waals surface area contributed by atoms with Gasteiger partial charge in [0, 0.05) is 6.54 Å². The summed E-state index contributed by atoms with van der Waals surface area (Å²) in [6.45, 7) is 2.76. The minimum absolute atomic E-state index is 0.392. The summed E-state index contributed by atoms with van der Waals surface area (Å²) in [4.78, 5) is 13.1. The molecule has 0 bridgehead atoms. The van der Waals surface area contributed by atoms with Crippen LogP contribution >= 0.6 is 23.1 Å². The molecule has 0 unspecified atom stereocenters. The Bertz CT molecular complexity index is 653. The normalized spacial score (nSPS) is 10.4. The quantitative estimate of drug-likeness (QED) is 0.648. The molecule has 0 amide bonds. The van der Waals surface area contributed by atoms with Crippen LogP contribution in [-0.2, 0) is 11.3 Å². The summed E-state index contributed by atoms with van der Waals surface area (Å²) in [6, 6.07) is 8.29. The summed E-state index contributed by atoms with van der Waals surface area (Å²) in [6.07, 6.45) is 1.94. The van der Waals surface area contributed by atoms with Crippen molar-refractivity contribution in [2.75, 3.05) is 24.4 Å². The van der Waals surface area contributed by atoms with E-state index in [-0.39, 0.29) is 0 Å². The van der Waals surface area contributed by atoms with Crippen molar-refractivity contribution in [2.45, 2.75) is 18.4 Å². The second-order valence-corrected chi connectivity index (χ2v) is 6.38. The van der Waals surface area contributed by atoms with Gasteiger partial charge in [-0.3, -0.25) is 0 Å². The van der Waals surface area contributed by atoms with Gasteiger partial charge in [0.15, 0.2) is 0 Å². The van der Waals surface area contributed by atoms with Gasteiger partial charge in [-0.05, 0) is 18.7 Å². The fourth-order valence-electron chi connectivity index (χ4n) is 2.00. The third kappa shape index (κ3) is 3.51. The molecule has 6 heteroatoms. The van der Waals surface area contributed by atoms with E-state index in [2.05, 4.69) is 30.4 Å². The number of nitrogen functional groups attached to an aromatic ring is 1. The van der Waals surface area contributed by atoms with Crippen LogP contribution in [0, 0.1) is 6.92 Å². The van der Waals surface area contributed by atoms with Gasteiger partial charge in [0.2, 0.25) is 0 Å². The minimum Gasteiger partial charge on any atom is -0.465 e.